The highest BCUT2D eigenvalue weighted by atomic mass is 127. The smallest absolute Gasteiger partial charge is 0.194 e. The minimum atomic E-state index is 0. The minimum Gasteiger partial charge on any atom is -0.378 e. The van der Waals surface area contributed by atoms with E-state index in [1.807, 2.05) is 11.3 Å². The number of ether oxygens (including phenoxy) is 1. The third-order valence-corrected chi connectivity index (χ3v) is 5.40. The second kappa shape index (κ2) is 10.5. The van der Waals surface area contributed by atoms with E-state index in [4.69, 9.17) is 9.73 Å². The monoisotopic (exact) mass is 464 g/mol. The maximum Gasteiger partial charge on any atom is 0.194 e. The fraction of sp³-hybridized carbons (Fsp3) is 0.706. The van der Waals surface area contributed by atoms with Gasteiger partial charge < -0.3 is 19.9 Å². The van der Waals surface area contributed by atoms with Crippen LogP contribution in [0.25, 0.3) is 0 Å². The molecule has 1 unspecified atom stereocenters. The van der Waals surface area contributed by atoms with Gasteiger partial charge >= 0.3 is 0 Å². The van der Waals surface area contributed by atoms with Gasteiger partial charge in [0.05, 0.1) is 11.1 Å². The summed E-state index contributed by atoms with van der Waals surface area (Å²) in [5.41, 5.74) is 0. The Morgan fingerprint density at radius 1 is 1.38 bits per heavy atom. The molecule has 0 saturated carbocycles. The van der Waals surface area contributed by atoms with Crippen LogP contribution in [-0.2, 0) is 4.74 Å². The highest BCUT2D eigenvalue weighted by Crippen LogP contribution is 2.22. The van der Waals surface area contributed by atoms with Gasteiger partial charge in [0.15, 0.2) is 5.96 Å². The van der Waals surface area contributed by atoms with E-state index in [0.717, 1.165) is 58.3 Å². The van der Waals surface area contributed by atoms with Gasteiger partial charge in [-0.2, -0.15) is 0 Å². The van der Waals surface area contributed by atoms with Crippen LogP contribution >= 0.6 is 35.3 Å². The molecule has 0 spiro atoms. The number of aliphatic imine (C=N–C) groups is 1. The number of rotatable bonds is 5. The topological polar surface area (TPSA) is 40.1 Å². The first-order valence-corrected chi connectivity index (χ1v) is 9.68. The highest BCUT2D eigenvalue weighted by molar-refractivity contribution is 14.0. The Morgan fingerprint density at radius 2 is 2.21 bits per heavy atom. The van der Waals surface area contributed by atoms with Crippen molar-refractivity contribution in [1.29, 1.82) is 0 Å². The van der Waals surface area contributed by atoms with Crippen molar-refractivity contribution in [1.82, 2.24) is 10.2 Å². The molecule has 1 atom stereocenters. The van der Waals surface area contributed by atoms with Crippen LogP contribution in [0.15, 0.2) is 22.5 Å². The lowest BCUT2D eigenvalue weighted by molar-refractivity contribution is 0.106. The van der Waals surface area contributed by atoms with Crippen molar-refractivity contribution in [3.8, 4) is 0 Å². The lowest BCUT2D eigenvalue weighted by Crippen LogP contribution is -2.52. The van der Waals surface area contributed by atoms with E-state index in [1.54, 1.807) is 0 Å². The van der Waals surface area contributed by atoms with Gasteiger partial charge in [0, 0.05) is 45.9 Å². The molecule has 0 aromatic carbocycles. The number of anilines is 1. The predicted molar refractivity (Wildman–Crippen MR) is 113 cm³/mol. The van der Waals surface area contributed by atoms with Crippen molar-refractivity contribution >= 4 is 46.3 Å². The Balaban J connectivity index is 0.00000208. The lowest BCUT2D eigenvalue weighted by Gasteiger charge is -2.37. The van der Waals surface area contributed by atoms with Crippen molar-refractivity contribution < 1.29 is 4.74 Å². The maximum atomic E-state index is 5.69. The fourth-order valence-corrected chi connectivity index (χ4v) is 3.99. The van der Waals surface area contributed by atoms with Crippen molar-refractivity contribution in [2.24, 2.45) is 4.99 Å². The molecule has 0 aliphatic carbocycles. The van der Waals surface area contributed by atoms with Crippen LogP contribution < -0.4 is 10.2 Å². The number of hydrogen-bond donors (Lipinski definition) is 1. The van der Waals surface area contributed by atoms with E-state index < -0.39 is 0 Å². The number of hydrogen-bond acceptors (Lipinski definition) is 4. The lowest BCUT2D eigenvalue weighted by atomic mass is 10.2. The predicted octanol–water partition coefficient (Wildman–Crippen LogP) is 3.02. The van der Waals surface area contributed by atoms with Crippen LogP contribution in [0.2, 0.25) is 0 Å². The first kappa shape index (κ1) is 19.8. The average molecular weight is 464 g/mol. The van der Waals surface area contributed by atoms with Gasteiger partial charge in [0.1, 0.15) is 0 Å². The molecular formula is C17H29IN4OS. The summed E-state index contributed by atoms with van der Waals surface area (Å²) < 4.78 is 5.69. The van der Waals surface area contributed by atoms with Crippen LogP contribution in [0.5, 0.6) is 0 Å². The highest BCUT2D eigenvalue weighted by Gasteiger charge is 2.20. The summed E-state index contributed by atoms with van der Waals surface area (Å²) in [4.78, 5) is 9.69. The van der Waals surface area contributed by atoms with Crippen molar-refractivity contribution in [2.45, 2.75) is 32.3 Å². The number of halogens is 1. The van der Waals surface area contributed by atoms with Gasteiger partial charge in [-0.1, -0.05) is 0 Å². The second-order valence-electron chi connectivity index (χ2n) is 6.08. The minimum absolute atomic E-state index is 0. The number of nitrogens with zero attached hydrogens (tertiary/aromatic N) is 3. The Hall–Kier alpha value is -0.540. The molecule has 0 amide bonds. The Labute approximate surface area is 166 Å². The van der Waals surface area contributed by atoms with E-state index in [2.05, 4.69) is 39.6 Å². The number of nitrogens with one attached hydrogen (secondary N) is 1. The zero-order chi connectivity index (χ0) is 15.9. The van der Waals surface area contributed by atoms with Crippen molar-refractivity contribution in [3.05, 3.63) is 17.5 Å². The first-order valence-electron chi connectivity index (χ1n) is 8.80. The third-order valence-electron chi connectivity index (χ3n) is 4.47. The fourth-order valence-electron chi connectivity index (χ4n) is 3.20. The van der Waals surface area contributed by atoms with Crippen LogP contribution in [0.3, 0.4) is 0 Å². The van der Waals surface area contributed by atoms with Crippen LogP contribution in [-0.4, -0.2) is 62.8 Å². The molecule has 2 saturated heterocycles. The van der Waals surface area contributed by atoms with E-state index in [9.17, 15) is 0 Å². The molecule has 2 fully saturated rings. The van der Waals surface area contributed by atoms with Gasteiger partial charge in [-0.3, -0.25) is 4.99 Å². The van der Waals surface area contributed by atoms with Gasteiger partial charge in [-0.05, 0) is 43.7 Å². The van der Waals surface area contributed by atoms with Gasteiger partial charge in [-0.25, -0.2) is 0 Å². The summed E-state index contributed by atoms with van der Waals surface area (Å²) in [6, 6.07) is 4.34. The number of piperazine rings is 1. The summed E-state index contributed by atoms with van der Waals surface area (Å²) in [5, 5.41) is 6.98. The van der Waals surface area contributed by atoms with Gasteiger partial charge in [0.2, 0.25) is 0 Å². The van der Waals surface area contributed by atoms with Crippen LogP contribution in [0, 0.1) is 0 Å². The van der Waals surface area contributed by atoms with E-state index in [0.29, 0.717) is 6.10 Å². The third kappa shape index (κ3) is 5.49. The molecule has 3 rings (SSSR count). The Bertz CT molecular complexity index is 483. The molecule has 1 aromatic rings. The first-order chi connectivity index (χ1) is 11.4. The normalized spacial score (nSPS) is 21.7. The zero-order valence-electron chi connectivity index (χ0n) is 14.4. The second-order valence-corrected chi connectivity index (χ2v) is 7.01. The van der Waals surface area contributed by atoms with E-state index in [-0.39, 0.29) is 24.0 Å². The average Bonchev–Trinajstić information content (AvgIpc) is 3.28. The standard InChI is InChI=1S/C17H28N4OS.HI/c1-2-18-17(19-8-7-15-5-3-13-22-15)21-11-9-20(10-12-21)16-6-4-14-23-16;/h4,6,14-15H,2-3,5,7-13H2,1H3,(H,18,19);1H. The molecule has 0 radical (unpaired) electrons. The maximum absolute atomic E-state index is 5.69. The quantitative estimate of drug-likeness (QED) is 0.413. The molecule has 1 aromatic heterocycles. The van der Waals surface area contributed by atoms with Crippen molar-refractivity contribution in [3.63, 3.8) is 0 Å². The molecule has 2 aliphatic rings. The van der Waals surface area contributed by atoms with E-state index >= 15 is 0 Å². The van der Waals surface area contributed by atoms with Crippen LogP contribution in [0.1, 0.15) is 26.2 Å². The molecule has 7 heteroatoms. The van der Waals surface area contributed by atoms with Gasteiger partial charge in [-0.15, -0.1) is 35.3 Å². The molecular weight excluding hydrogens is 435 g/mol. The Morgan fingerprint density at radius 3 is 2.83 bits per heavy atom. The summed E-state index contributed by atoms with van der Waals surface area (Å²) in [5.74, 6) is 1.07. The molecule has 2 aliphatic heterocycles. The SMILES string of the molecule is CCNC(=NCCC1CCCO1)N1CCN(c2cccs2)CC1.I. The van der Waals surface area contributed by atoms with Crippen molar-refractivity contribution in [2.75, 3.05) is 50.8 Å². The van der Waals surface area contributed by atoms with E-state index in [1.165, 1.54) is 17.8 Å². The zero-order valence-corrected chi connectivity index (χ0v) is 17.6. The Kier molecular flexibility index (Phi) is 8.61. The molecule has 5 nitrogen and oxygen atoms in total. The summed E-state index contributed by atoms with van der Waals surface area (Å²) in [6.07, 6.45) is 3.88. The molecule has 0 bridgehead atoms. The molecule has 3 heterocycles. The summed E-state index contributed by atoms with van der Waals surface area (Å²) in [7, 11) is 0. The van der Waals surface area contributed by atoms with Gasteiger partial charge in [0.25, 0.3) is 0 Å². The number of thiophene rings is 1. The largest absolute Gasteiger partial charge is 0.378 e. The molecule has 24 heavy (non-hydrogen) atoms. The molecule has 1 N–H and O–H groups in total. The van der Waals surface area contributed by atoms with Crippen LogP contribution in [0.4, 0.5) is 5.00 Å². The summed E-state index contributed by atoms with van der Waals surface area (Å²) >= 11 is 1.82. The molecule has 136 valence electrons. The summed E-state index contributed by atoms with van der Waals surface area (Å²) in [6.45, 7) is 9.04. The number of guanidine groups is 1.